The van der Waals surface area contributed by atoms with Crippen LogP contribution in [0.2, 0.25) is 0 Å². The van der Waals surface area contributed by atoms with Gasteiger partial charge in [-0.25, -0.2) is 8.78 Å². The van der Waals surface area contributed by atoms with Gasteiger partial charge in [0.1, 0.15) is 0 Å². The molecule has 0 radical (unpaired) electrons. The Morgan fingerprint density at radius 1 is 1.67 bits per heavy atom. The predicted molar refractivity (Wildman–Crippen MR) is 42.7 cm³/mol. The Labute approximate surface area is 75.3 Å². The number of carbonyl (C=O) groups is 1. The molecule has 1 aliphatic heterocycles. The van der Waals surface area contributed by atoms with Crippen LogP contribution in [0, 0.1) is 0 Å². The van der Waals surface area contributed by atoms with Crippen molar-refractivity contribution in [2.45, 2.75) is 18.9 Å². The number of alkyl halides is 2. The molecule has 1 saturated heterocycles. The molecule has 0 aromatic heterocycles. The maximum absolute atomic E-state index is 11.5. The zero-order valence-electron chi connectivity index (χ0n) is 6.35. The van der Waals surface area contributed by atoms with Gasteiger partial charge in [-0.3, -0.25) is 4.79 Å². The molecule has 1 fully saturated rings. The maximum atomic E-state index is 11.5. The molecule has 0 unspecified atom stereocenters. The Balaban J connectivity index is 0.00000121. The predicted octanol–water partition coefficient (Wildman–Crippen LogP) is 0.151. The Morgan fingerprint density at radius 3 is 2.58 bits per heavy atom. The summed E-state index contributed by atoms with van der Waals surface area (Å²) in [6.07, 6.45) is -1.71. The second kappa shape index (κ2) is 5.27. The van der Waals surface area contributed by atoms with Gasteiger partial charge in [0.05, 0.1) is 12.6 Å². The van der Waals surface area contributed by atoms with Crippen molar-refractivity contribution in [3.8, 4) is 0 Å². The topological polar surface area (TPSA) is 41.1 Å². The Hall–Kier alpha value is -0.420. The molecule has 2 N–H and O–H groups in total. The molecule has 1 atom stereocenters. The third-order valence-electron chi connectivity index (χ3n) is 1.57. The number of hydrogen-bond acceptors (Lipinski definition) is 2. The van der Waals surface area contributed by atoms with Crippen LogP contribution in [0.15, 0.2) is 0 Å². The lowest BCUT2D eigenvalue weighted by Crippen LogP contribution is -2.53. The average molecular weight is 201 g/mol. The van der Waals surface area contributed by atoms with Gasteiger partial charge in [0.2, 0.25) is 5.91 Å². The van der Waals surface area contributed by atoms with Gasteiger partial charge in [0.15, 0.2) is 0 Å². The number of rotatable bonds is 3. The maximum Gasteiger partial charge on any atom is 0.255 e. The van der Waals surface area contributed by atoms with E-state index in [2.05, 4.69) is 10.6 Å². The lowest BCUT2D eigenvalue weighted by molar-refractivity contribution is -0.125. The highest BCUT2D eigenvalue weighted by Crippen LogP contribution is 2.01. The van der Waals surface area contributed by atoms with E-state index < -0.39 is 13.0 Å². The van der Waals surface area contributed by atoms with E-state index in [1.807, 2.05) is 0 Å². The third-order valence-corrected chi connectivity index (χ3v) is 1.57. The van der Waals surface area contributed by atoms with E-state index in [1.54, 1.807) is 0 Å². The first-order valence-electron chi connectivity index (χ1n) is 3.49. The molecule has 0 aromatic carbocycles. The van der Waals surface area contributed by atoms with Crippen molar-refractivity contribution in [3.05, 3.63) is 0 Å². The Bertz CT molecular complexity index is 152. The smallest absolute Gasteiger partial charge is 0.255 e. The van der Waals surface area contributed by atoms with E-state index in [4.69, 9.17) is 0 Å². The molecule has 1 amide bonds. The number of halogens is 3. The molecule has 3 nitrogen and oxygen atoms in total. The molecule has 12 heavy (non-hydrogen) atoms. The van der Waals surface area contributed by atoms with Crippen LogP contribution >= 0.6 is 12.4 Å². The summed E-state index contributed by atoms with van der Waals surface area (Å²) < 4.78 is 23.1. The van der Waals surface area contributed by atoms with E-state index in [-0.39, 0.29) is 24.4 Å². The fraction of sp³-hybridized carbons (Fsp3) is 0.833. The molecule has 72 valence electrons. The van der Waals surface area contributed by atoms with Crippen molar-refractivity contribution >= 4 is 18.3 Å². The van der Waals surface area contributed by atoms with Gasteiger partial charge in [-0.05, 0) is 13.0 Å². The van der Waals surface area contributed by atoms with Gasteiger partial charge in [0, 0.05) is 0 Å². The zero-order valence-corrected chi connectivity index (χ0v) is 7.16. The quantitative estimate of drug-likeness (QED) is 0.681. The highest BCUT2D eigenvalue weighted by molar-refractivity contribution is 5.85. The van der Waals surface area contributed by atoms with Crippen LogP contribution in [0.4, 0.5) is 8.78 Å². The second-order valence-corrected chi connectivity index (χ2v) is 2.43. The van der Waals surface area contributed by atoms with Crippen LogP contribution in [-0.2, 0) is 4.79 Å². The Morgan fingerprint density at radius 2 is 2.25 bits per heavy atom. The van der Waals surface area contributed by atoms with Crippen LogP contribution in [0.1, 0.15) is 6.42 Å². The molecule has 1 heterocycles. The summed E-state index contributed by atoms with van der Waals surface area (Å²) in [7, 11) is 0. The van der Waals surface area contributed by atoms with Gasteiger partial charge in [-0.2, -0.15) is 0 Å². The molecule has 0 aromatic rings. The van der Waals surface area contributed by atoms with E-state index in [0.717, 1.165) is 13.0 Å². The van der Waals surface area contributed by atoms with Gasteiger partial charge in [-0.15, -0.1) is 12.4 Å². The fourth-order valence-corrected chi connectivity index (χ4v) is 0.813. The summed E-state index contributed by atoms with van der Waals surface area (Å²) in [4.78, 5) is 10.8. The standard InChI is InChI=1S/C6H10F2N2O.ClH/c7-5(8)3-10-6(11)4-1-2-9-4;/h4-5,9H,1-3H2,(H,10,11);1H/t4-;/m1./s1. The number of carbonyl (C=O) groups excluding carboxylic acids is 1. The molecule has 0 saturated carbocycles. The van der Waals surface area contributed by atoms with Crippen molar-refractivity contribution in [3.63, 3.8) is 0 Å². The van der Waals surface area contributed by atoms with Crippen molar-refractivity contribution in [1.29, 1.82) is 0 Å². The third kappa shape index (κ3) is 3.32. The van der Waals surface area contributed by atoms with Crippen LogP contribution in [0.25, 0.3) is 0 Å². The minimum absolute atomic E-state index is 0. The lowest BCUT2D eigenvalue weighted by Gasteiger charge is -2.26. The summed E-state index contributed by atoms with van der Waals surface area (Å²) in [5, 5.41) is 4.94. The summed E-state index contributed by atoms with van der Waals surface area (Å²) >= 11 is 0. The normalized spacial score (nSPS) is 21.1. The summed E-state index contributed by atoms with van der Waals surface area (Å²) in [6, 6.07) is -0.242. The molecule has 1 aliphatic rings. The van der Waals surface area contributed by atoms with Gasteiger partial charge in [-0.1, -0.05) is 0 Å². The van der Waals surface area contributed by atoms with Crippen molar-refractivity contribution in [2.75, 3.05) is 13.1 Å². The molecule has 6 heteroatoms. The summed E-state index contributed by atoms with van der Waals surface area (Å²) in [5.41, 5.74) is 0. The van der Waals surface area contributed by atoms with Crippen molar-refractivity contribution in [2.24, 2.45) is 0 Å². The van der Waals surface area contributed by atoms with E-state index in [0.29, 0.717) is 0 Å². The number of hydrogen-bond donors (Lipinski definition) is 2. The average Bonchev–Trinajstić information content (AvgIpc) is 1.79. The van der Waals surface area contributed by atoms with E-state index in [1.165, 1.54) is 0 Å². The minimum Gasteiger partial charge on any atom is -0.349 e. The monoisotopic (exact) mass is 200 g/mol. The first kappa shape index (κ1) is 11.6. The van der Waals surface area contributed by atoms with Crippen LogP contribution in [0.5, 0.6) is 0 Å². The first-order chi connectivity index (χ1) is 5.20. The molecule has 0 bridgehead atoms. The second-order valence-electron chi connectivity index (χ2n) is 2.43. The molecular weight excluding hydrogens is 190 g/mol. The van der Waals surface area contributed by atoms with Crippen LogP contribution in [-0.4, -0.2) is 31.5 Å². The van der Waals surface area contributed by atoms with Crippen LogP contribution < -0.4 is 10.6 Å². The summed E-state index contributed by atoms with van der Waals surface area (Å²) in [5.74, 6) is -0.323. The Kier molecular flexibility index (Phi) is 5.08. The van der Waals surface area contributed by atoms with E-state index >= 15 is 0 Å². The largest absolute Gasteiger partial charge is 0.349 e. The lowest BCUT2D eigenvalue weighted by atomic mass is 10.1. The molecule has 0 aliphatic carbocycles. The SMILES string of the molecule is Cl.O=C(NCC(F)F)[C@H]1CCN1. The summed E-state index contributed by atoms with van der Waals surface area (Å²) in [6.45, 7) is 0.254. The first-order valence-corrected chi connectivity index (χ1v) is 3.49. The van der Waals surface area contributed by atoms with Crippen molar-refractivity contribution < 1.29 is 13.6 Å². The van der Waals surface area contributed by atoms with Crippen molar-refractivity contribution in [1.82, 2.24) is 10.6 Å². The zero-order chi connectivity index (χ0) is 8.27. The fourth-order valence-electron chi connectivity index (χ4n) is 0.813. The highest BCUT2D eigenvalue weighted by Gasteiger charge is 2.24. The highest BCUT2D eigenvalue weighted by atomic mass is 35.5. The van der Waals surface area contributed by atoms with Gasteiger partial charge in [0.25, 0.3) is 6.43 Å². The van der Waals surface area contributed by atoms with Crippen LogP contribution in [0.3, 0.4) is 0 Å². The minimum atomic E-state index is -2.46. The van der Waals surface area contributed by atoms with E-state index in [9.17, 15) is 13.6 Å². The van der Waals surface area contributed by atoms with Gasteiger partial charge >= 0.3 is 0 Å². The van der Waals surface area contributed by atoms with Gasteiger partial charge < -0.3 is 10.6 Å². The molecule has 0 spiro atoms. The number of amides is 1. The number of nitrogens with one attached hydrogen (secondary N) is 2. The molecular formula is C6H11ClF2N2O. The molecule has 1 rings (SSSR count).